The lowest BCUT2D eigenvalue weighted by atomic mass is 9.86. The van der Waals surface area contributed by atoms with Crippen molar-refractivity contribution in [1.29, 1.82) is 0 Å². The summed E-state index contributed by atoms with van der Waals surface area (Å²) >= 11 is 0. The van der Waals surface area contributed by atoms with Gasteiger partial charge in [0.2, 0.25) is 0 Å². The van der Waals surface area contributed by atoms with E-state index in [1.807, 2.05) is 0 Å². The monoisotopic (exact) mass is 168 g/mol. The minimum absolute atomic E-state index is 0.253. The number of hydrogen-bond donors (Lipinski definition) is 1. The third kappa shape index (κ3) is 2.47. The number of rotatable bonds is 3. The van der Waals surface area contributed by atoms with E-state index in [9.17, 15) is 0 Å². The lowest BCUT2D eigenvalue weighted by molar-refractivity contribution is -0.234. The highest BCUT2D eigenvalue weighted by Crippen LogP contribution is 2.26. The fourth-order valence-electron chi connectivity index (χ4n) is 1.49. The SMILES string of the molecule is C=C(COO)C1C=CC(C)CC1. The minimum Gasteiger partial charge on any atom is -0.251 e. The van der Waals surface area contributed by atoms with Crippen LogP contribution in [0.15, 0.2) is 24.3 Å². The van der Waals surface area contributed by atoms with Crippen LogP contribution in [-0.2, 0) is 4.89 Å². The fourth-order valence-corrected chi connectivity index (χ4v) is 1.49. The second kappa shape index (κ2) is 4.43. The van der Waals surface area contributed by atoms with Crippen LogP contribution in [0.4, 0.5) is 0 Å². The van der Waals surface area contributed by atoms with Crippen molar-refractivity contribution in [2.45, 2.75) is 19.8 Å². The largest absolute Gasteiger partial charge is 0.251 e. The van der Waals surface area contributed by atoms with Gasteiger partial charge in [-0.2, -0.15) is 0 Å². The van der Waals surface area contributed by atoms with E-state index < -0.39 is 0 Å². The van der Waals surface area contributed by atoms with Crippen molar-refractivity contribution < 1.29 is 10.1 Å². The van der Waals surface area contributed by atoms with E-state index in [0.717, 1.165) is 12.0 Å². The summed E-state index contributed by atoms with van der Waals surface area (Å²) in [6.07, 6.45) is 6.69. The Morgan fingerprint density at radius 2 is 2.33 bits per heavy atom. The maximum Gasteiger partial charge on any atom is 0.103 e. The summed E-state index contributed by atoms with van der Waals surface area (Å²) in [7, 11) is 0. The standard InChI is InChI=1S/C10H16O2/c1-8-3-5-10(6-4-8)9(2)7-12-11/h3,5,8,10-11H,2,4,6-7H2,1H3. The molecule has 2 atom stereocenters. The second-order valence-electron chi connectivity index (χ2n) is 3.48. The molecule has 0 saturated carbocycles. The molecule has 0 heterocycles. The molecule has 0 aromatic heterocycles. The van der Waals surface area contributed by atoms with Crippen LogP contribution in [0.2, 0.25) is 0 Å². The summed E-state index contributed by atoms with van der Waals surface area (Å²) in [4.78, 5) is 4.05. The van der Waals surface area contributed by atoms with Gasteiger partial charge in [0, 0.05) is 0 Å². The normalized spacial score (nSPS) is 28.8. The van der Waals surface area contributed by atoms with Gasteiger partial charge in [-0.25, -0.2) is 4.89 Å². The molecule has 0 aliphatic heterocycles. The zero-order valence-electron chi connectivity index (χ0n) is 7.49. The third-order valence-corrected chi connectivity index (χ3v) is 2.38. The highest BCUT2D eigenvalue weighted by Gasteiger charge is 2.14. The van der Waals surface area contributed by atoms with Gasteiger partial charge in [-0.15, -0.1) is 0 Å². The van der Waals surface area contributed by atoms with Crippen molar-refractivity contribution in [3.8, 4) is 0 Å². The first-order chi connectivity index (χ1) is 5.74. The van der Waals surface area contributed by atoms with Gasteiger partial charge in [0.25, 0.3) is 0 Å². The van der Waals surface area contributed by atoms with E-state index >= 15 is 0 Å². The Morgan fingerprint density at radius 3 is 2.83 bits per heavy atom. The van der Waals surface area contributed by atoms with Crippen molar-refractivity contribution in [2.75, 3.05) is 6.61 Å². The minimum atomic E-state index is 0.253. The van der Waals surface area contributed by atoms with Crippen LogP contribution < -0.4 is 0 Å². The van der Waals surface area contributed by atoms with Crippen LogP contribution >= 0.6 is 0 Å². The molecule has 0 fully saturated rings. The summed E-state index contributed by atoms with van der Waals surface area (Å²) in [5, 5.41) is 8.23. The predicted molar refractivity (Wildman–Crippen MR) is 48.7 cm³/mol. The zero-order chi connectivity index (χ0) is 8.97. The summed E-state index contributed by atoms with van der Waals surface area (Å²) in [5.74, 6) is 1.08. The Morgan fingerprint density at radius 1 is 1.58 bits per heavy atom. The molecule has 0 radical (unpaired) electrons. The van der Waals surface area contributed by atoms with Crippen LogP contribution in [0.5, 0.6) is 0 Å². The Kier molecular flexibility index (Phi) is 3.50. The van der Waals surface area contributed by atoms with Crippen LogP contribution in [0.25, 0.3) is 0 Å². The number of hydrogen-bond acceptors (Lipinski definition) is 2. The van der Waals surface area contributed by atoms with Crippen molar-refractivity contribution in [2.24, 2.45) is 11.8 Å². The highest BCUT2D eigenvalue weighted by molar-refractivity contribution is 5.12. The molecule has 1 aliphatic rings. The van der Waals surface area contributed by atoms with Gasteiger partial charge in [0.05, 0.1) is 0 Å². The van der Waals surface area contributed by atoms with Crippen LogP contribution in [0, 0.1) is 11.8 Å². The molecule has 2 unspecified atom stereocenters. The van der Waals surface area contributed by atoms with Gasteiger partial charge in [0.15, 0.2) is 0 Å². The average molecular weight is 168 g/mol. The molecule has 0 aromatic rings. The first kappa shape index (κ1) is 9.49. The molecule has 1 aliphatic carbocycles. The van der Waals surface area contributed by atoms with Gasteiger partial charge >= 0.3 is 0 Å². The zero-order valence-corrected chi connectivity index (χ0v) is 7.49. The topological polar surface area (TPSA) is 29.5 Å². The lowest BCUT2D eigenvalue weighted by Gasteiger charge is -2.21. The van der Waals surface area contributed by atoms with Crippen LogP contribution in [0.3, 0.4) is 0 Å². The van der Waals surface area contributed by atoms with E-state index in [4.69, 9.17) is 5.26 Å². The van der Waals surface area contributed by atoms with E-state index in [1.54, 1.807) is 0 Å². The molecule has 68 valence electrons. The summed E-state index contributed by atoms with van der Waals surface area (Å²) in [5.41, 5.74) is 0.959. The summed E-state index contributed by atoms with van der Waals surface area (Å²) in [6, 6.07) is 0. The van der Waals surface area contributed by atoms with E-state index in [2.05, 4.69) is 30.5 Å². The van der Waals surface area contributed by atoms with E-state index in [0.29, 0.717) is 11.8 Å². The van der Waals surface area contributed by atoms with Gasteiger partial charge in [-0.05, 0) is 30.3 Å². The molecule has 1 rings (SSSR count). The Bertz CT molecular complexity index is 184. The summed E-state index contributed by atoms with van der Waals surface area (Å²) < 4.78 is 0. The van der Waals surface area contributed by atoms with Crippen molar-refractivity contribution in [3.63, 3.8) is 0 Å². The highest BCUT2D eigenvalue weighted by atomic mass is 17.1. The van der Waals surface area contributed by atoms with Gasteiger partial charge < -0.3 is 0 Å². The van der Waals surface area contributed by atoms with Gasteiger partial charge in [-0.1, -0.05) is 25.7 Å². The molecule has 2 heteroatoms. The predicted octanol–water partition coefficient (Wildman–Crippen LogP) is 2.63. The first-order valence-electron chi connectivity index (χ1n) is 4.36. The van der Waals surface area contributed by atoms with Gasteiger partial charge in [-0.3, -0.25) is 5.26 Å². The molecular formula is C10H16O2. The molecule has 12 heavy (non-hydrogen) atoms. The second-order valence-corrected chi connectivity index (χ2v) is 3.48. The van der Waals surface area contributed by atoms with E-state index in [-0.39, 0.29) is 6.61 Å². The fraction of sp³-hybridized carbons (Fsp3) is 0.600. The maximum atomic E-state index is 8.23. The molecule has 2 nitrogen and oxygen atoms in total. The third-order valence-electron chi connectivity index (χ3n) is 2.38. The van der Waals surface area contributed by atoms with Crippen LogP contribution in [0.1, 0.15) is 19.8 Å². The van der Waals surface area contributed by atoms with Crippen molar-refractivity contribution in [3.05, 3.63) is 24.3 Å². The molecule has 0 bridgehead atoms. The number of allylic oxidation sites excluding steroid dienone is 2. The van der Waals surface area contributed by atoms with Crippen molar-refractivity contribution in [1.82, 2.24) is 0 Å². The molecule has 0 aromatic carbocycles. The Balaban J connectivity index is 2.43. The maximum absolute atomic E-state index is 8.23. The molecule has 0 amide bonds. The molecule has 0 spiro atoms. The smallest absolute Gasteiger partial charge is 0.103 e. The van der Waals surface area contributed by atoms with Gasteiger partial charge in [0.1, 0.15) is 6.61 Å². The Labute approximate surface area is 73.5 Å². The summed E-state index contributed by atoms with van der Waals surface area (Å²) in [6.45, 7) is 6.32. The molecule has 0 saturated heterocycles. The van der Waals surface area contributed by atoms with Crippen molar-refractivity contribution >= 4 is 0 Å². The molecular weight excluding hydrogens is 152 g/mol. The first-order valence-corrected chi connectivity index (χ1v) is 4.36. The van der Waals surface area contributed by atoms with Crippen LogP contribution in [-0.4, -0.2) is 11.9 Å². The average Bonchev–Trinajstić information content (AvgIpc) is 2.06. The lowest BCUT2D eigenvalue weighted by Crippen LogP contribution is -2.11. The quantitative estimate of drug-likeness (QED) is 0.399. The van der Waals surface area contributed by atoms with E-state index in [1.165, 1.54) is 6.42 Å². The molecule has 1 N–H and O–H groups in total. The Hall–Kier alpha value is -0.600.